The summed E-state index contributed by atoms with van der Waals surface area (Å²) < 4.78 is 0. The minimum absolute atomic E-state index is 0.430. The molecule has 0 aromatic carbocycles. The standard InChI is InChI=1S/C14H14/c1-3-7-13(8-4-1)11-12-14-9-5-2-6-10-14/h1-7,9,13-14H,8,10H2. The fourth-order valence-corrected chi connectivity index (χ4v) is 1.59. The lowest BCUT2D eigenvalue weighted by Crippen LogP contribution is -1.97. The number of rotatable bonds is 0. The minimum atomic E-state index is 0.430. The Morgan fingerprint density at radius 1 is 0.714 bits per heavy atom. The first-order valence-electron chi connectivity index (χ1n) is 5.13. The van der Waals surface area contributed by atoms with Gasteiger partial charge in [0, 0.05) is 11.8 Å². The zero-order chi connectivity index (χ0) is 9.64. The van der Waals surface area contributed by atoms with E-state index < -0.39 is 0 Å². The topological polar surface area (TPSA) is 0 Å². The molecule has 0 amide bonds. The molecule has 70 valence electrons. The molecule has 0 bridgehead atoms. The van der Waals surface area contributed by atoms with E-state index in [2.05, 4.69) is 60.4 Å². The van der Waals surface area contributed by atoms with Crippen LogP contribution in [-0.2, 0) is 0 Å². The SMILES string of the molecule is C(#CC1C=CC=CC1)C1C=CC=CC1. The van der Waals surface area contributed by atoms with Gasteiger partial charge in [-0.2, -0.15) is 0 Å². The summed E-state index contributed by atoms with van der Waals surface area (Å²) in [7, 11) is 0. The van der Waals surface area contributed by atoms with Crippen molar-refractivity contribution in [2.75, 3.05) is 0 Å². The molecule has 0 N–H and O–H groups in total. The molecule has 2 aliphatic rings. The fraction of sp³-hybridized carbons (Fsp3) is 0.286. The van der Waals surface area contributed by atoms with E-state index in [1.807, 2.05) is 0 Å². The van der Waals surface area contributed by atoms with Gasteiger partial charge in [-0.25, -0.2) is 0 Å². The Bertz CT molecular complexity index is 321. The van der Waals surface area contributed by atoms with Crippen molar-refractivity contribution in [1.29, 1.82) is 0 Å². The van der Waals surface area contributed by atoms with Crippen molar-refractivity contribution in [3.63, 3.8) is 0 Å². The Hall–Kier alpha value is -1.48. The smallest absolute Gasteiger partial charge is 0.0420 e. The van der Waals surface area contributed by atoms with Crippen molar-refractivity contribution < 1.29 is 0 Å². The van der Waals surface area contributed by atoms with Crippen LogP contribution in [0, 0.1) is 23.7 Å². The molecule has 0 aliphatic heterocycles. The predicted molar refractivity (Wildman–Crippen MR) is 60.6 cm³/mol. The van der Waals surface area contributed by atoms with E-state index in [4.69, 9.17) is 0 Å². The van der Waals surface area contributed by atoms with Gasteiger partial charge in [0.2, 0.25) is 0 Å². The highest BCUT2D eigenvalue weighted by Gasteiger charge is 2.02. The van der Waals surface area contributed by atoms with Gasteiger partial charge in [0.15, 0.2) is 0 Å². The van der Waals surface area contributed by atoms with Crippen LogP contribution >= 0.6 is 0 Å². The van der Waals surface area contributed by atoms with E-state index in [0.29, 0.717) is 11.8 Å². The molecule has 0 aromatic heterocycles. The zero-order valence-electron chi connectivity index (χ0n) is 8.19. The Kier molecular flexibility index (Phi) is 3.03. The van der Waals surface area contributed by atoms with E-state index >= 15 is 0 Å². The zero-order valence-corrected chi connectivity index (χ0v) is 8.19. The van der Waals surface area contributed by atoms with Crippen LogP contribution in [0.3, 0.4) is 0 Å². The third kappa shape index (κ3) is 2.50. The number of allylic oxidation sites excluding steroid dienone is 8. The van der Waals surface area contributed by atoms with Gasteiger partial charge in [-0.1, -0.05) is 60.4 Å². The van der Waals surface area contributed by atoms with Crippen LogP contribution in [0.25, 0.3) is 0 Å². The molecule has 0 spiro atoms. The second-order valence-electron chi connectivity index (χ2n) is 3.60. The number of hydrogen-bond acceptors (Lipinski definition) is 0. The molecule has 2 unspecified atom stereocenters. The Labute approximate surface area is 85.7 Å². The maximum Gasteiger partial charge on any atom is 0.0420 e. The van der Waals surface area contributed by atoms with Gasteiger partial charge in [0.1, 0.15) is 0 Å². The van der Waals surface area contributed by atoms with Crippen LogP contribution in [0.15, 0.2) is 48.6 Å². The first kappa shape index (κ1) is 9.09. The summed E-state index contributed by atoms with van der Waals surface area (Å²) in [5.41, 5.74) is 0. The fourth-order valence-electron chi connectivity index (χ4n) is 1.59. The van der Waals surface area contributed by atoms with Crippen LogP contribution in [0.5, 0.6) is 0 Å². The van der Waals surface area contributed by atoms with Crippen LogP contribution in [0.1, 0.15) is 12.8 Å². The quantitative estimate of drug-likeness (QED) is 0.504. The Balaban J connectivity index is 1.93. The van der Waals surface area contributed by atoms with Crippen molar-refractivity contribution in [1.82, 2.24) is 0 Å². The summed E-state index contributed by atoms with van der Waals surface area (Å²) in [5, 5.41) is 0. The van der Waals surface area contributed by atoms with Gasteiger partial charge in [-0.3, -0.25) is 0 Å². The molecule has 0 heterocycles. The molecule has 2 aliphatic carbocycles. The summed E-state index contributed by atoms with van der Waals surface area (Å²) in [6.07, 6.45) is 19.2. The average Bonchev–Trinajstić information content (AvgIpc) is 2.29. The van der Waals surface area contributed by atoms with Crippen molar-refractivity contribution in [3.05, 3.63) is 48.6 Å². The lowest BCUT2D eigenvalue weighted by Gasteiger charge is -2.07. The molecule has 2 rings (SSSR count). The van der Waals surface area contributed by atoms with E-state index in [1.165, 1.54) is 0 Å². The molecule has 0 saturated heterocycles. The van der Waals surface area contributed by atoms with Crippen LogP contribution in [0.4, 0.5) is 0 Å². The second-order valence-corrected chi connectivity index (χ2v) is 3.60. The average molecular weight is 182 g/mol. The molecule has 2 atom stereocenters. The van der Waals surface area contributed by atoms with E-state index in [1.54, 1.807) is 0 Å². The summed E-state index contributed by atoms with van der Waals surface area (Å²) in [4.78, 5) is 0. The summed E-state index contributed by atoms with van der Waals surface area (Å²) >= 11 is 0. The van der Waals surface area contributed by atoms with Crippen molar-refractivity contribution in [3.8, 4) is 11.8 Å². The van der Waals surface area contributed by atoms with Gasteiger partial charge in [0.25, 0.3) is 0 Å². The molecule has 0 fully saturated rings. The van der Waals surface area contributed by atoms with Gasteiger partial charge in [0.05, 0.1) is 0 Å². The van der Waals surface area contributed by atoms with Crippen LogP contribution < -0.4 is 0 Å². The van der Waals surface area contributed by atoms with Gasteiger partial charge < -0.3 is 0 Å². The molecular weight excluding hydrogens is 168 g/mol. The predicted octanol–water partition coefficient (Wildman–Crippen LogP) is 3.25. The normalized spacial score (nSPS) is 28.6. The monoisotopic (exact) mass is 182 g/mol. The molecule has 0 aromatic rings. The van der Waals surface area contributed by atoms with E-state index in [9.17, 15) is 0 Å². The minimum Gasteiger partial charge on any atom is -0.0948 e. The number of hydrogen-bond donors (Lipinski definition) is 0. The molecule has 14 heavy (non-hydrogen) atoms. The summed E-state index contributed by atoms with van der Waals surface area (Å²) in [6, 6.07) is 0. The van der Waals surface area contributed by atoms with Gasteiger partial charge in [-0.15, -0.1) is 0 Å². The largest absolute Gasteiger partial charge is 0.0948 e. The second kappa shape index (κ2) is 4.67. The van der Waals surface area contributed by atoms with Crippen LogP contribution in [0.2, 0.25) is 0 Å². The molecule has 0 saturated carbocycles. The van der Waals surface area contributed by atoms with Crippen molar-refractivity contribution in [2.45, 2.75) is 12.8 Å². The third-order valence-corrected chi connectivity index (χ3v) is 2.42. The molecule has 0 radical (unpaired) electrons. The summed E-state index contributed by atoms with van der Waals surface area (Å²) in [6.45, 7) is 0. The Morgan fingerprint density at radius 3 is 1.57 bits per heavy atom. The highest BCUT2D eigenvalue weighted by Crippen LogP contribution is 2.13. The first-order valence-corrected chi connectivity index (χ1v) is 5.13. The summed E-state index contributed by atoms with van der Waals surface area (Å²) in [5.74, 6) is 7.50. The maximum absolute atomic E-state index is 3.32. The Morgan fingerprint density at radius 2 is 1.21 bits per heavy atom. The van der Waals surface area contributed by atoms with Gasteiger partial charge >= 0.3 is 0 Å². The van der Waals surface area contributed by atoms with Crippen LogP contribution in [-0.4, -0.2) is 0 Å². The first-order chi connectivity index (χ1) is 6.95. The lowest BCUT2D eigenvalue weighted by molar-refractivity contribution is 0.823. The third-order valence-electron chi connectivity index (χ3n) is 2.42. The highest BCUT2D eigenvalue weighted by atomic mass is 14.1. The molecular formula is C14H14. The molecule has 0 nitrogen and oxygen atoms in total. The van der Waals surface area contributed by atoms with Crippen molar-refractivity contribution in [2.24, 2.45) is 11.8 Å². The van der Waals surface area contributed by atoms with Gasteiger partial charge in [-0.05, 0) is 12.8 Å². The lowest BCUT2D eigenvalue weighted by atomic mass is 9.97. The van der Waals surface area contributed by atoms with E-state index in [0.717, 1.165) is 12.8 Å². The molecule has 0 heteroatoms. The highest BCUT2D eigenvalue weighted by molar-refractivity contribution is 5.25. The maximum atomic E-state index is 3.32. The van der Waals surface area contributed by atoms with Crippen molar-refractivity contribution >= 4 is 0 Å². The van der Waals surface area contributed by atoms with E-state index in [-0.39, 0.29) is 0 Å².